The minimum atomic E-state index is -0.240. The molecule has 0 saturated carbocycles. The predicted molar refractivity (Wildman–Crippen MR) is 75.2 cm³/mol. The van der Waals surface area contributed by atoms with Crippen molar-refractivity contribution in [3.05, 3.63) is 30.5 Å². The van der Waals surface area contributed by atoms with Crippen LogP contribution < -0.4 is 10.2 Å². The molecule has 0 bridgehead atoms. The first-order chi connectivity index (χ1) is 9.80. The zero-order valence-corrected chi connectivity index (χ0v) is 10.8. The lowest BCUT2D eigenvalue weighted by molar-refractivity contribution is 0.343. The molecule has 1 aromatic heterocycles. The van der Waals surface area contributed by atoms with Gasteiger partial charge in [-0.25, -0.2) is 0 Å². The number of ether oxygens (including phenoxy) is 1. The van der Waals surface area contributed by atoms with E-state index in [9.17, 15) is 0 Å². The fourth-order valence-electron chi connectivity index (χ4n) is 1.71. The van der Waals surface area contributed by atoms with E-state index in [0.717, 1.165) is 5.39 Å². The Bertz CT molecular complexity index is 723. The molecule has 1 aromatic carbocycles. The zero-order chi connectivity index (χ0) is 14.4. The number of hydrogen-bond acceptors (Lipinski definition) is 6. The molecule has 0 aliphatic rings. The van der Waals surface area contributed by atoms with Crippen LogP contribution in [0.3, 0.4) is 0 Å². The van der Waals surface area contributed by atoms with Gasteiger partial charge in [0.15, 0.2) is 0 Å². The summed E-state index contributed by atoms with van der Waals surface area (Å²) in [6.07, 6.45) is 1.67. The molecule has 1 heterocycles. The highest BCUT2D eigenvalue weighted by Gasteiger charge is 2.07. The zero-order valence-electron chi connectivity index (χ0n) is 10.8. The van der Waals surface area contributed by atoms with Gasteiger partial charge >= 0.3 is 0 Å². The molecule has 0 aliphatic carbocycles. The Hall–Kier alpha value is -3.12. The van der Waals surface area contributed by atoms with E-state index in [1.807, 2.05) is 13.0 Å². The average Bonchev–Trinajstić information content (AvgIpc) is 2.50. The highest BCUT2D eigenvalue weighted by Crippen LogP contribution is 2.29. The van der Waals surface area contributed by atoms with Gasteiger partial charge in [-0.15, -0.1) is 0 Å². The fraction of sp³-hybridized carbons (Fsp3) is 0.143. The second-order valence-electron chi connectivity index (χ2n) is 3.74. The number of nitrogens with one attached hydrogen (secondary N) is 1. The smallest absolute Gasteiger partial charge is 0.237 e. The normalized spacial score (nSPS) is 9.35. The van der Waals surface area contributed by atoms with Gasteiger partial charge in [0.25, 0.3) is 0 Å². The number of pyridine rings is 1. The molecule has 98 valence electrons. The lowest BCUT2D eigenvalue weighted by atomic mass is 10.1. The van der Waals surface area contributed by atoms with E-state index in [1.54, 1.807) is 36.5 Å². The van der Waals surface area contributed by atoms with E-state index in [2.05, 4.69) is 15.5 Å². The van der Waals surface area contributed by atoms with Gasteiger partial charge in [-0.05, 0) is 31.2 Å². The molecule has 0 unspecified atom stereocenters. The largest absolute Gasteiger partial charge is 0.492 e. The quantitative estimate of drug-likeness (QED) is 0.676. The highest BCUT2D eigenvalue weighted by molar-refractivity contribution is 6.10. The maximum absolute atomic E-state index is 8.66. The number of hydrazone groups is 1. The summed E-state index contributed by atoms with van der Waals surface area (Å²) in [4.78, 5) is 4.28. The molecule has 0 atom stereocenters. The number of benzene rings is 1. The highest BCUT2D eigenvalue weighted by atomic mass is 16.5. The standard InChI is InChI=1S/C14H11N5O/c1-2-20-13-6-5-12(19-18-10(8-15)9-16)11-4-3-7-17-14(11)13/h3-7,19H,2H2,1H3. The Labute approximate surface area is 115 Å². The maximum atomic E-state index is 8.66. The van der Waals surface area contributed by atoms with Crippen LogP contribution in [-0.4, -0.2) is 17.3 Å². The summed E-state index contributed by atoms with van der Waals surface area (Å²) in [5, 5.41) is 21.8. The van der Waals surface area contributed by atoms with Crippen molar-refractivity contribution < 1.29 is 4.74 Å². The van der Waals surface area contributed by atoms with E-state index in [-0.39, 0.29) is 5.71 Å². The number of nitrogens with zero attached hydrogens (tertiary/aromatic N) is 4. The molecule has 6 nitrogen and oxygen atoms in total. The van der Waals surface area contributed by atoms with Crippen molar-refractivity contribution in [1.82, 2.24) is 4.98 Å². The first kappa shape index (κ1) is 13.3. The van der Waals surface area contributed by atoms with Gasteiger partial charge in [-0.2, -0.15) is 15.6 Å². The van der Waals surface area contributed by atoms with Gasteiger partial charge in [-0.3, -0.25) is 10.4 Å². The molecule has 0 aliphatic heterocycles. The maximum Gasteiger partial charge on any atom is 0.237 e. The third-order valence-corrected chi connectivity index (χ3v) is 2.53. The van der Waals surface area contributed by atoms with Gasteiger partial charge in [-0.1, -0.05) is 0 Å². The summed E-state index contributed by atoms with van der Waals surface area (Å²) in [5.74, 6) is 0.679. The van der Waals surface area contributed by atoms with Crippen LogP contribution in [0.25, 0.3) is 10.9 Å². The molecule has 0 amide bonds. The SMILES string of the molecule is CCOc1ccc(NN=C(C#N)C#N)c2cccnc12. The van der Waals surface area contributed by atoms with Crippen LogP contribution in [0.4, 0.5) is 5.69 Å². The number of hydrogen-bond donors (Lipinski definition) is 1. The monoisotopic (exact) mass is 265 g/mol. The van der Waals surface area contributed by atoms with E-state index in [4.69, 9.17) is 15.3 Å². The minimum Gasteiger partial charge on any atom is -0.492 e. The second-order valence-corrected chi connectivity index (χ2v) is 3.74. The molecular formula is C14H11N5O. The number of nitriles is 2. The number of aromatic nitrogens is 1. The van der Waals surface area contributed by atoms with E-state index in [1.165, 1.54) is 0 Å². The summed E-state index contributed by atoms with van der Waals surface area (Å²) in [6, 6.07) is 10.6. The molecule has 1 N–H and O–H groups in total. The summed E-state index contributed by atoms with van der Waals surface area (Å²) < 4.78 is 5.51. The average molecular weight is 265 g/mol. The Kier molecular flexibility index (Phi) is 4.10. The van der Waals surface area contributed by atoms with Crippen LogP contribution in [0.15, 0.2) is 35.6 Å². The Morgan fingerprint density at radius 2 is 2.15 bits per heavy atom. The number of rotatable bonds is 4. The van der Waals surface area contributed by atoms with Gasteiger partial charge < -0.3 is 4.74 Å². The van der Waals surface area contributed by atoms with Gasteiger partial charge in [0, 0.05) is 11.6 Å². The Balaban J connectivity index is 2.47. The number of fused-ring (bicyclic) bond motifs is 1. The molecule has 20 heavy (non-hydrogen) atoms. The van der Waals surface area contributed by atoms with Gasteiger partial charge in [0.2, 0.25) is 5.71 Å². The van der Waals surface area contributed by atoms with Gasteiger partial charge in [0.1, 0.15) is 23.4 Å². The van der Waals surface area contributed by atoms with Crippen LogP contribution in [-0.2, 0) is 0 Å². The van der Waals surface area contributed by atoms with Crippen molar-refractivity contribution in [3.8, 4) is 17.9 Å². The molecule has 0 radical (unpaired) electrons. The third-order valence-electron chi connectivity index (χ3n) is 2.53. The van der Waals surface area contributed by atoms with E-state index < -0.39 is 0 Å². The summed E-state index contributed by atoms with van der Waals surface area (Å²) in [5.41, 5.74) is 3.82. The Morgan fingerprint density at radius 3 is 2.85 bits per heavy atom. The van der Waals surface area contributed by atoms with Crippen LogP contribution >= 0.6 is 0 Å². The van der Waals surface area contributed by atoms with Gasteiger partial charge in [0.05, 0.1) is 12.3 Å². The molecule has 6 heteroatoms. The summed E-state index contributed by atoms with van der Waals surface area (Å²) in [6.45, 7) is 2.45. The predicted octanol–water partition coefficient (Wildman–Crippen LogP) is 2.45. The second kappa shape index (κ2) is 6.17. The first-order valence-corrected chi connectivity index (χ1v) is 5.94. The lowest BCUT2D eigenvalue weighted by Crippen LogP contribution is -1.99. The topological polar surface area (TPSA) is 94.1 Å². The molecule has 0 fully saturated rings. The lowest BCUT2D eigenvalue weighted by Gasteiger charge is -2.10. The van der Waals surface area contributed by atoms with Crippen molar-refractivity contribution in [3.63, 3.8) is 0 Å². The van der Waals surface area contributed by atoms with E-state index in [0.29, 0.717) is 23.6 Å². The molecule has 2 aromatic rings. The van der Waals surface area contributed by atoms with Crippen LogP contribution in [0.2, 0.25) is 0 Å². The Morgan fingerprint density at radius 1 is 1.35 bits per heavy atom. The van der Waals surface area contributed by atoms with Crippen molar-refractivity contribution in [2.24, 2.45) is 5.10 Å². The molecular weight excluding hydrogens is 254 g/mol. The van der Waals surface area contributed by atoms with Crippen LogP contribution in [0.1, 0.15) is 6.92 Å². The van der Waals surface area contributed by atoms with Crippen molar-refractivity contribution >= 4 is 22.3 Å². The molecule has 0 spiro atoms. The summed E-state index contributed by atoms with van der Waals surface area (Å²) in [7, 11) is 0. The molecule has 0 saturated heterocycles. The van der Waals surface area contributed by atoms with Crippen molar-refractivity contribution in [1.29, 1.82) is 10.5 Å². The van der Waals surface area contributed by atoms with Crippen LogP contribution in [0, 0.1) is 22.7 Å². The van der Waals surface area contributed by atoms with Crippen molar-refractivity contribution in [2.45, 2.75) is 6.92 Å². The third kappa shape index (κ3) is 2.65. The van der Waals surface area contributed by atoms with Crippen molar-refractivity contribution in [2.75, 3.05) is 12.0 Å². The minimum absolute atomic E-state index is 0.240. The fourth-order valence-corrected chi connectivity index (χ4v) is 1.71. The molecule has 2 rings (SSSR count). The van der Waals surface area contributed by atoms with Crippen LogP contribution in [0.5, 0.6) is 5.75 Å². The number of anilines is 1. The first-order valence-electron chi connectivity index (χ1n) is 5.94. The van der Waals surface area contributed by atoms with E-state index >= 15 is 0 Å². The summed E-state index contributed by atoms with van der Waals surface area (Å²) >= 11 is 0.